The Labute approximate surface area is 196 Å². The van der Waals surface area contributed by atoms with Gasteiger partial charge < -0.3 is 10.2 Å². The van der Waals surface area contributed by atoms with Crippen LogP contribution in [0.3, 0.4) is 0 Å². The van der Waals surface area contributed by atoms with E-state index >= 15 is 0 Å². The molecule has 1 aromatic rings. The molecule has 0 aliphatic heterocycles. The third kappa shape index (κ3) is 6.34. The van der Waals surface area contributed by atoms with E-state index in [4.69, 9.17) is 11.6 Å². The quantitative estimate of drug-likeness (QED) is 0.394. The summed E-state index contributed by atoms with van der Waals surface area (Å²) in [4.78, 5) is 28.1. The van der Waals surface area contributed by atoms with Crippen molar-refractivity contribution in [2.45, 2.75) is 77.3 Å². The molecule has 0 aromatic heterocycles. The van der Waals surface area contributed by atoms with Crippen LogP contribution in [0, 0.1) is 17.7 Å². The Bertz CT molecular complexity index is 811. The monoisotopic (exact) mass is 462 g/mol. The van der Waals surface area contributed by atoms with E-state index in [9.17, 15) is 14.0 Å². The average Bonchev–Trinajstić information content (AvgIpc) is 2.80. The van der Waals surface area contributed by atoms with Crippen LogP contribution in [0.25, 0.3) is 0 Å². The summed E-state index contributed by atoms with van der Waals surface area (Å²) in [6.07, 6.45) is 10.6. The topological polar surface area (TPSA) is 49.4 Å². The summed E-state index contributed by atoms with van der Waals surface area (Å²) in [6, 6.07) is 5.13. The van der Waals surface area contributed by atoms with Gasteiger partial charge in [-0.1, -0.05) is 50.5 Å². The molecule has 176 valence electrons. The third-order valence-corrected chi connectivity index (χ3v) is 7.50. The van der Waals surface area contributed by atoms with E-state index in [0.717, 1.165) is 38.5 Å². The molecule has 4 atom stereocenters. The Morgan fingerprint density at radius 2 is 1.91 bits per heavy atom. The summed E-state index contributed by atoms with van der Waals surface area (Å²) < 4.78 is 13.6. The number of nitrogens with one attached hydrogen (secondary N) is 1. The lowest BCUT2D eigenvalue weighted by atomic mass is 9.78. The van der Waals surface area contributed by atoms with Crippen molar-refractivity contribution >= 4 is 23.4 Å². The van der Waals surface area contributed by atoms with Crippen LogP contribution >= 0.6 is 11.6 Å². The molecule has 2 amide bonds. The number of allylic oxidation sites excluding steroid dienone is 1. The SMILES string of the molecule is C[C@@H]1[C@H](C)CCC[C@@H]1NC(=O)[C@@H](c1ccc(F)cc1)N(CCC1=CCCCC1)C(=O)CCl. The number of hydrogen-bond acceptors (Lipinski definition) is 2. The number of alkyl halides is 1. The Balaban J connectivity index is 1.85. The number of rotatable bonds is 8. The minimum atomic E-state index is -0.824. The van der Waals surface area contributed by atoms with Crippen LogP contribution in [0.1, 0.15) is 76.8 Å². The first-order valence-electron chi connectivity index (χ1n) is 12.0. The molecule has 3 rings (SSSR count). The normalized spacial score (nSPS) is 24.4. The number of halogens is 2. The molecule has 0 saturated heterocycles. The zero-order chi connectivity index (χ0) is 23.1. The molecule has 0 heterocycles. The van der Waals surface area contributed by atoms with E-state index in [1.54, 1.807) is 17.0 Å². The summed E-state index contributed by atoms with van der Waals surface area (Å²) in [5, 5.41) is 3.23. The second-order valence-electron chi connectivity index (χ2n) is 9.42. The highest BCUT2D eigenvalue weighted by atomic mass is 35.5. The van der Waals surface area contributed by atoms with E-state index < -0.39 is 6.04 Å². The van der Waals surface area contributed by atoms with Crippen molar-refractivity contribution in [1.29, 1.82) is 0 Å². The lowest BCUT2D eigenvalue weighted by Crippen LogP contribution is -2.50. The molecule has 1 N–H and O–H groups in total. The van der Waals surface area contributed by atoms with E-state index in [1.807, 2.05) is 0 Å². The molecule has 0 bridgehead atoms. The van der Waals surface area contributed by atoms with Crippen molar-refractivity contribution in [3.8, 4) is 0 Å². The number of amides is 2. The van der Waals surface area contributed by atoms with Crippen molar-refractivity contribution in [2.24, 2.45) is 11.8 Å². The van der Waals surface area contributed by atoms with Crippen molar-refractivity contribution in [3.63, 3.8) is 0 Å². The van der Waals surface area contributed by atoms with Crippen molar-refractivity contribution in [2.75, 3.05) is 12.4 Å². The largest absolute Gasteiger partial charge is 0.351 e. The highest BCUT2D eigenvalue weighted by Gasteiger charge is 2.35. The van der Waals surface area contributed by atoms with Gasteiger partial charge in [-0.15, -0.1) is 11.6 Å². The van der Waals surface area contributed by atoms with Crippen LogP contribution in [0.15, 0.2) is 35.9 Å². The number of hydrogen-bond donors (Lipinski definition) is 1. The van der Waals surface area contributed by atoms with Crippen molar-refractivity contribution in [1.82, 2.24) is 10.2 Å². The minimum Gasteiger partial charge on any atom is -0.351 e. The highest BCUT2D eigenvalue weighted by Crippen LogP contribution is 2.31. The molecule has 2 aliphatic rings. The zero-order valence-electron chi connectivity index (χ0n) is 19.3. The summed E-state index contributed by atoms with van der Waals surface area (Å²) in [7, 11) is 0. The van der Waals surface area contributed by atoms with Gasteiger partial charge in [0.25, 0.3) is 0 Å². The van der Waals surface area contributed by atoms with Gasteiger partial charge in [-0.05, 0) is 68.1 Å². The van der Waals surface area contributed by atoms with Gasteiger partial charge in [0.1, 0.15) is 17.7 Å². The molecule has 2 aliphatic carbocycles. The van der Waals surface area contributed by atoms with Gasteiger partial charge in [-0.3, -0.25) is 9.59 Å². The molecule has 4 nitrogen and oxygen atoms in total. The van der Waals surface area contributed by atoms with E-state index in [2.05, 4.69) is 25.2 Å². The molecular formula is C26H36ClFN2O2. The van der Waals surface area contributed by atoms with Gasteiger partial charge in [0.2, 0.25) is 11.8 Å². The Kier molecular flexibility index (Phi) is 9.15. The summed E-state index contributed by atoms with van der Waals surface area (Å²) >= 11 is 5.97. The van der Waals surface area contributed by atoms with E-state index in [1.165, 1.54) is 30.5 Å². The van der Waals surface area contributed by atoms with Crippen LogP contribution < -0.4 is 5.32 Å². The maximum Gasteiger partial charge on any atom is 0.247 e. The fraction of sp³-hybridized carbons (Fsp3) is 0.615. The molecule has 6 heteroatoms. The van der Waals surface area contributed by atoms with Crippen molar-refractivity contribution in [3.05, 3.63) is 47.3 Å². The molecule has 0 radical (unpaired) electrons. The second kappa shape index (κ2) is 11.8. The maximum absolute atomic E-state index is 13.6. The smallest absolute Gasteiger partial charge is 0.247 e. The van der Waals surface area contributed by atoms with Crippen LogP contribution in [0.5, 0.6) is 0 Å². The summed E-state index contributed by atoms with van der Waals surface area (Å²) in [5.74, 6) is -0.147. The predicted molar refractivity (Wildman–Crippen MR) is 127 cm³/mol. The Hall–Kier alpha value is -1.88. The molecule has 1 aromatic carbocycles. The van der Waals surface area contributed by atoms with Gasteiger partial charge in [0, 0.05) is 12.6 Å². The van der Waals surface area contributed by atoms with Crippen LogP contribution in [-0.2, 0) is 9.59 Å². The first-order chi connectivity index (χ1) is 15.4. The lowest BCUT2D eigenvalue weighted by molar-refractivity contribution is -0.139. The molecule has 0 unspecified atom stereocenters. The molecular weight excluding hydrogens is 427 g/mol. The zero-order valence-corrected chi connectivity index (χ0v) is 20.0. The summed E-state index contributed by atoms with van der Waals surface area (Å²) in [5.41, 5.74) is 1.94. The number of carbonyl (C=O) groups excluding carboxylic acids is 2. The number of nitrogens with zero attached hydrogens (tertiary/aromatic N) is 1. The molecule has 1 saturated carbocycles. The molecule has 0 spiro atoms. The van der Waals surface area contributed by atoms with Crippen LogP contribution in [-0.4, -0.2) is 35.2 Å². The molecule has 1 fully saturated rings. The second-order valence-corrected chi connectivity index (χ2v) is 9.68. The van der Waals surface area contributed by atoms with Gasteiger partial charge in [0.05, 0.1) is 0 Å². The number of benzene rings is 1. The van der Waals surface area contributed by atoms with Crippen LogP contribution in [0.2, 0.25) is 0 Å². The summed E-state index contributed by atoms with van der Waals surface area (Å²) in [6.45, 7) is 4.82. The molecule has 32 heavy (non-hydrogen) atoms. The van der Waals surface area contributed by atoms with Gasteiger partial charge in [-0.25, -0.2) is 4.39 Å². The minimum absolute atomic E-state index is 0.0724. The van der Waals surface area contributed by atoms with Gasteiger partial charge in [-0.2, -0.15) is 0 Å². The van der Waals surface area contributed by atoms with Gasteiger partial charge in [0.15, 0.2) is 0 Å². The number of carbonyl (C=O) groups is 2. The maximum atomic E-state index is 13.6. The van der Waals surface area contributed by atoms with Crippen molar-refractivity contribution < 1.29 is 14.0 Å². The first kappa shape index (κ1) is 24.8. The average molecular weight is 463 g/mol. The Morgan fingerprint density at radius 1 is 1.16 bits per heavy atom. The third-order valence-electron chi connectivity index (χ3n) is 7.27. The predicted octanol–water partition coefficient (Wildman–Crippen LogP) is 5.77. The standard InChI is InChI=1S/C26H36ClFN2O2/c1-18-7-6-10-23(19(18)2)29-26(32)25(21-11-13-22(28)14-12-21)30(24(31)17-27)16-15-20-8-4-3-5-9-20/h8,11-14,18-19,23,25H,3-7,9-10,15-17H2,1-2H3,(H,29,32)/t18-,19-,23+,25-/m1/s1. The fourth-order valence-corrected chi connectivity index (χ4v) is 5.19. The van der Waals surface area contributed by atoms with Crippen LogP contribution in [0.4, 0.5) is 4.39 Å². The van der Waals surface area contributed by atoms with E-state index in [0.29, 0.717) is 23.9 Å². The van der Waals surface area contributed by atoms with Gasteiger partial charge >= 0.3 is 0 Å². The Morgan fingerprint density at radius 3 is 2.56 bits per heavy atom. The lowest BCUT2D eigenvalue weighted by Gasteiger charge is -2.37. The fourth-order valence-electron chi connectivity index (χ4n) is 5.04. The van der Waals surface area contributed by atoms with E-state index in [-0.39, 0.29) is 29.6 Å². The first-order valence-corrected chi connectivity index (χ1v) is 12.5. The highest BCUT2D eigenvalue weighted by molar-refractivity contribution is 6.27.